The van der Waals surface area contributed by atoms with Crippen molar-refractivity contribution in [3.05, 3.63) is 55.8 Å². The topological polar surface area (TPSA) is 51.2 Å². The highest BCUT2D eigenvalue weighted by Crippen LogP contribution is 2.35. The highest BCUT2D eigenvalue weighted by Gasteiger charge is 2.20. The van der Waals surface area contributed by atoms with Gasteiger partial charge in [-0.15, -0.1) is 11.3 Å². The zero-order valence-electron chi connectivity index (χ0n) is 9.69. The quantitative estimate of drug-likeness (QED) is 0.537. The minimum absolute atomic E-state index is 0.180. The average Bonchev–Trinajstić information content (AvgIpc) is 2.97. The normalized spacial score (nSPS) is 13.0. The van der Waals surface area contributed by atoms with E-state index in [4.69, 9.17) is 21.9 Å². The van der Waals surface area contributed by atoms with Crippen molar-refractivity contribution in [3.63, 3.8) is 0 Å². The number of rotatable bonds is 3. The average molecular weight is 358 g/mol. The van der Waals surface area contributed by atoms with Gasteiger partial charge in [0.15, 0.2) is 0 Å². The summed E-state index contributed by atoms with van der Waals surface area (Å²) >= 11 is 11.1. The van der Waals surface area contributed by atoms with Gasteiger partial charge in [-0.3, -0.25) is 5.84 Å². The summed E-state index contributed by atoms with van der Waals surface area (Å²) in [4.78, 5) is 1.08. The van der Waals surface area contributed by atoms with Crippen LogP contribution >= 0.6 is 38.9 Å². The summed E-state index contributed by atoms with van der Waals surface area (Å²) in [5.41, 5.74) is 3.59. The first-order chi connectivity index (χ1) is 9.19. The number of hydrogen-bond donors (Lipinski definition) is 2. The summed E-state index contributed by atoms with van der Waals surface area (Å²) in [5, 5.41) is 3.66. The Morgan fingerprint density at radius 1 is 1.32 bits per heavy atom. The minimum atomic E-state index is -0.180. The van der Waals surface area contributed by atoms with Crippen LogP contribution in [-0.2, 0) is 0 Å². The molecule has 3 aromatic rings. The predicted octanol–water partition coefficient (Wildman–Crippen LogP) is 4.46. The molecule has 2 heterocycles. The number of halogens is 2. The van der Waals surface area contributed by atoms with Crippen molar-refractivity contribution in [1.29, 1.82) is 0 Å². The van der Waals surface area contributed by atoms with E-state index in [-0.39, 0.29) is 6.04 Å². The number of nitrogens with one attached hydrogen (secondary N) is 1. The van der Waals surface area contributed by atoms with E-state index >= 15 is 0 Å². The van der Waals surface area contributed by atoms with E-state index in [9.17, 15) is 0 Å². The van der Waals surface area contributed by atoms with Crippen LogP contribution in [0, 0.1) is 0 Å². The first-order valence-corrected chi connectivity index (χ1v) is 7.62. The molecule has 0 saturated carbocycles. The third-order valence-corrected chi connectivity index (χ3v) is 5.03. The van der Waals surface area contributed by atoms with Gasteiger partial charge in [-0.1, -0.05) is 11.6 Å². The molecule has 0 aliphatic carbocycles. The third-order valence-electron chi connectivity index (χ3n) is 2.86. The number of benzene rings is 1. The highest BCUT2D eigenvalue weighted by molar-refractivity contribution is 9.10. The van der Waals surface area contributed by atoms with E-state index in [2.05, 4.69) is 21.4 Å². The molecule has 0 spiro atoms. The van der Waals surface area contributed by atoms with Gasteiger partial charge < -0.3 is 4.42 Å². The number of furan rings is 1. The summed E-state index contributed by atoms with van der Waals surface area (Å²) in [5.74, 6) is 6.43. The lowest BCUT2D eigenvalue weighted by Crippen LogP contribution is -2.28. The van der Waals surface area contributed by atoms with Crippen LogP contribution in [0.4, 0.5) is 0 Å². The fourth-order valence-electron chi connectivity index (χ4n) is 1.98. The van der Waals surface area contributed by atoms with Crippen LogP contribution in [-0.4, -0.2) is 0 Å². The molecule has 3 N–H and O–H groups in total. The molecular weight excluding hydrogens is 348 g/mol. The van der Waals surface area contributed by atoms with E-state index < -0.39 is 0 Å². The molecule has 1 aromatic carbocycles. The van der Waals surface area contributed by atoms with Gasteiger partial charge in [0, 0.05) is 19.8 Å². The molecule has 19 heavy (non-hydrogen) atoms. The molecule has 98 valence electrons. The summed E-state index contributed by atoms with van der Waals surface area (Å²) in [6.45, 7) is 0. The lowest BCUT2D eigenvalue weighted by Gasteiger charge is -2.11. The molecule has 3 rings (SSSR count). The Balaban J connectivity index is 2.09. The lowest BCUT2D eigenvalue weighted by molar-refractivity contribution is 0.480. The molecule has 3 nitrogen and oxygen atoms in total. The van der Waals surface area contributed by atoms with Crippen LogP contribution in [0.25, 0.3) is 11.0 Å². The lowest BCUT2D eigenvalue weighted by atomic mass is 10.2. The maximum absolute atomic E-state index is 5.98. The van der Waals surface area contributed by atoms with Crippen molar-refractivity contribution < 1.29 is 4.42 Å². The van der Waals surface area contributed by atoms with E-state index in [0.29, 0.717) is 5.02 Å². The summed E-state index contributed by atoms with van der Waals surface area (Å²) in [7, 11) is 0. The van der Waals surface area contributed by atoms with Crippen molar-refractivity contribution in [2.75, 3.05) is 0 Å². The molecule has 0 amide bonds. The zero-order chi connectivity index (χ0) is 13.4. The van der Waals surface area contributed by atoms with Gasteiger partial charge in [0.2, 0.25) is 0 Å². The Labute approximate surface area is 127 Å². The van der Waals surface area contributed by atoms with E-state index in [1.165, 1.54) is 0 Å². The molecule has 0 bridgehead atoms. The molecule has 1 unspecified atom stereocenters. The molecule has 0 fully saturated rings. The maximum atomic E-state index is 5.98. The first-order valence-electron chi connectivity index (χ1n) is 5.57. The van der Waals surface area contributed by atoms with Crippen LogP contribution in [0.3, 0.4) is 0 Å². The Bertz CT molecular complexity index is 724. The molecule has 0 aliphatic rings. The third kappa shape index (κ3) is 2.44. The highest BCUT2D eigenvalue weighted by atomic mass is 79.9. The van der Waals surface area contributed by atoms with Crippen LogP contribution in [0.15, 0.2) is 44.6 Å². The van der Waals surface area contributed by atoms with Crippen molar-refractivity contribution in [3.8, 4) is 0 Å². The van der Waals surface area contributed by atoms with Crippen molar-refractivity contribution in [2.24, 2.45) is 5.84 Å². The fraction of sp³-hybridized carbons (Fsp3) is 0.0769. The van der Waals surface area contributed by atoms with E-state index in [1.807, 2.05) is 35.7 Å². The van der Waals surface area contributed by atoms with Crippen molar-refractivity contribution in [1.82, 2.24) is 5.43 Å². The van der Waals surface area contributed by atoms with Gasteiger partial charge in [0.25, 0.3) is 0 Å². The van der Waals surface area contributed by atoms with Crippen LogP contribution in [0.5, 0.6) is 0 Å². The molecule has 1 atom stereocenters. The molecule has 0 radical (unpaired) electrons. The van der Waals surface area contributed by atoms with Crippen molar-refractivity contribution in [2.45, 2.75) is 6.04 Å². The Hall–Kier alpha value is -0.850. The maximum Gasteiger partial charge on any atom is 0.134 e. The molecule has 2 aromatic heterocycles. The number of hydrazine groups is 1. The summed E-state index contributed by atoms with van der Waals surface area (Å²) in [6.07, 6.45) is 0. The van der Waals surface area contributed by atoms with Crippen molar-refractivity contribution >= 4 is 49.8 Å². The molecular formula is C13H10BrClN2OS. The number of hydrogen-bond acceptors (Lipinski definition) is 4. The monoisotopic (exact) mass is 356 g/mol. The van der Waals surface area contributed by atoms with Gasteiger partial charge >= 0.3 is 0 Å². The number of thiophene rings is 1. The van der Waals surface area contributed by atoms with E-state index in [1.54, 1.807) is 11.3 Å². The molecule has 6 heteroatoms. The number of nitrogens with two attached hydrogens (primary N) is 1. The van der Waals surface area contributed by atoms with Gasteiger partial charge in [0.1, 0.15) is 17.4 Å². The summed E-state index contributed by atoms with van der Waals surface area (Å²) < 4.78 is 6.85. The zero-order valence-corrected chi connectivity index (χ0v) is 12.8. The minimum Gasteiger partial charge on any atom is -0.459 e. The second-order valence-corrected chi connectivity index (χ2v) is 6.30. The Kier molecular flexibility index (Phi) is 3.64. The second-order valence-electron chi connectivity index (χ2n) is 4.06. The molecule has 0 aliphatic heterocycles. The van der Waals surface area contributed by atoms with Gasteiger partial charge in [-0.05, 0) is 51.6 Å². The van der Waals surface area contributed by atoms with Gasteiger partial charge in [-0.2, -0.15) is 0 Å². The smallest absolute Gasteiger partial charge is 0.134 e. The second kappa shape index (κ2) is 5.26. The van der Waals surface area contributed by atoms with Crippen LogP contribution in [0.2, 0.25) is 5.02 Å². The largest absolute Gasteiger partial charge is 0.459 e. The summed E-state index contributed by atoms with van der Waals surface area (Å²) in [6, 6.07) is 9.31. The van der Waals surface area contributed by atoms with E-state index in [0.717, 1.165) is 26.1 Å². The van der Waals surface area contributed by atoms with Gasteiger partial charge in [-0.25, -0.2) is 5.43 Å². The molecule has 0 saturated heterocycles. The predicted molar refractivity (Wildman–Crippen MR) is 82.4 cm³/mol. The number of fused-ring (bicyclic) bond motifs is 1. The fourth-order valence-corrected chi connectivity index (χ4v) is 3.82. The SMILES string of the molecule is NNC(c1cc2cc(Cl)ccc2o1)c1sccc1Br. The van der Waals surface area contributed by atoms with Crippen LogP contribution < -0.4 is 11.3 Å². The Morgan fingerprint density at radius 2 is 2.16 bits per heavy atom. The van der Waals surface area contributed by atoms with Crippen LogP contribution in [0.1, 0.15) is 16.7 Å². The standard InChI is InChI=1S/C13H10BrClN2OS/c14-9-3-4-19-13(9)12(17-16)11-6-7-5-8(15)1-2-10(7)18-11/h1-6,12,17H,16H2. The first kappa shape index (κ1) is 13.1. The van der Waals surface area contributed by atoms with Gasteiger partial charge in [0.05, 0.1) is 0 Å². The Morgan fingerprint density at radius 3 is 2.84 bits per heavy atom.